The summed E-state index contributed by atoms with van der Waals surface area (Å²) < 4.78 is 54.1. The topological polar surface area (TPSA) is 242 Å². The van der Waals surface area contributed by atoms with Crippen LogP contribution in [-0.4, -0.2) is 199 Å². The second-order valence-corrected chi connectivity index (χ2v) is 19.2. The van der Waals surface area contributed by atoms with Gasteiger partial charge in [0.2, 0.25) is 0 Å². The number of rotatable bonds is 16. The molecule has 0 bridgehead atoms. The van der Waals surface area contributed by atoms with E-state index < -0.39 is 102 Å². The van der Waals surface area contributed by atoms with Gasteiger partial charge in [-0.1, -0.05) is 27.7 Å². The van der Waals surface area contributed by atoms with Gasteiger partial charge < -0.3 is 78.2 Å². The molecule has 3 aliphatic heterocycles. The van der Waals surface area contributed by atoms with E-state index in [1.54, 1.807) is 48.5 Å². The first-order valence-electron chi connectivity index (χ1n) is 23.1. The van der Waals surface area contributed by atoms with Crippen LogP contribution in [0.2, 0.25) is 0 Å². The highest BCUT2D eigenvalue weighted by atomic mass is 16.7. The highest BCUT2D eigenvalue weighted by Gasteiger charge is 2.54. The largest absolute Gasteiger partial charge is 0.459 e. The molecule has 64 heavy (non-hydrogen) atoms. The number of ketones is 1. The third kappa shape index (κ3) is 15.3. The molecule has 0 radical (unpaired) electrons. The minimum Gasteiger partial charge on any atom is -0.459 e. The van der Waals surface area contributed by atoms with Crippen LogP contribution in [0.15, 0.2) is 0 Å². The number of Topliss-reactive ketones (excluding diaryl/α,β-unsaturated/α-hetero) is 1. The number of hydrogen-bond acceptors (Lipinski definition) is 18. The first-order valence-corrected chi connectivity index (χ1v) is 23.1. The van der Waals surface area contributed by atoms with Crippen LogP contribution in [0.3, 0.4) is 0 Å². The second kappa shape index (κ2) is 26.3. The number of nitrogens with zero attached hydrogens (tertiary/aromatic N) is 1. The van der Waals surface area contributed by atoms with Gasteiger partial charge in [0.1, 0.15) is 29.7 Å². The molecule has 3 fully saturated rings. The van der Waals surface area contributed by atoms with E-state index in [9.17, 15) is 30.0 Å². The summed E-state index contributed by atoms with van der Waals surface area (Å²) in [7, 11) is 6.77. The van der Waals surface area contributed by atoms with Crippen molar-refractivity contribution in [1.82, 2.24) is 4.90 Å². The zero-order valence-electron chi connectivity index (χ0n) is 41.4. The van der Waals surface area contributed by atoms with Gasteiger partial charge in [0.25, 0.3) is 0 Å². The predicted octanol–water partition coefficient (Wildman–Crippen LogP) is 2.22. The normalized spacial score (nSPS) is 42.3. The Balaban J connectivity index is 0.00000102. The van der Waals surface area contributed by atoms with Crippen molar-refractivity contribution < 1.29 is 82.9 Å². The SMILES string of the molecule is CC(CCOCCO)OCCO.CC[C@H]1OC(=O)[C@H](C)[C@@H](O[C@H]2C[C@@](C)(OC)[C@@H](O)[C@H](C)O2)[C@H](C)[C@@H](O[C@@H]2O[C@H](C)C[C@H](N(C)C)[C@H]2O)[C@](C)(OC)C[C@@H](C)C(=O)[C@H](C)[C@@H](O)[C@]1(C)O. The quantitative estimate of drug-likeness (QED) is 0.0961. The van der Waals surface area contributed by atoms with Gasteiger partial charge in [0, 0.05) is 51.0 Å². The van der Waals surface area contributed by atoms with Crippen molar-refractivity contribution in [2.75, 3.05) is 61.3 Å². The number of cyclic esters (lactones) is 1. The van der Waals surface area contributed by atoms with Crippen LogP contribution >= 0.6 is 0 Å². The Hall–Kier alpha value is -1.46. The van der Waals surface area contributed by atoms with Crippen molar-refractivity contribution in [3.05, 3.63) is 0 Å². The van der Waals surface area contributed by atoms with Crippen LogP contribution in [0.25, 0.3) is 0 Å². The Bertz CT molecular complexity index is 1380. The van der Waals surface area contributed by atoms with Gasteiger partial charge in [-0.05, 0) is 88.2 Å². The molecule has 18 heteroatoms. The van der Waals surface area contributed by atoms with Gasteiger partial charge >= 0.3 is 5.97 Å². The highest BCUT2D eigenvalue weighted by molar-refractivity contribution is 5.83. The van der Waals surface area contributed by atoms with Gasteiger partial charge in [0.15, 0.2) is 12.6 Å². The summed E-state index contributed by atoms with van der Waals surface area (Å²) in [5.74, 6) is -4.47. The van der Waals surface area contributed by atoms with Gasteiger partial charge in [-0.2, -0.15) is 0 Å². The summed E-state index contributed by atoms with van der Waals surface area (Å²) in [6.45, 7) is 20.4. The van der Waals surface area contributed by atoms with Crippen molar-refractivity contribution in [2.45, 2.75) is 199 Å². The van der Waals surface area contributed by atoms with Gasteiger partial charge in [-0.25, -0.2) is 0 Å². The van der Waals surface area contributed by atoms with E-state index in [-0.39, 0.29) is 56.5 Å². The number of esters is 1. The molecule has 6 N–H and O–H groups in total. The summed E-state index contributed by atoms with van der Waals surface area (Å²) in [6.07, 6.45) is -7.83. The van der Waals surface area contributed by atoms with Crippen molar-refractivity contribution in [1.29, 1.82) is 0 Å². The van der Waals surface area contributed by atoms with E-state index in [4.69, 9.17) is 52.8 Å². The van der Waals surface area contributed by atoms with Gasteiger partial charge in [-0.15, -0.1) is 0 Å². The highest BCUT2D eigenvalue weighted by Crippen LogP contribution is 2.42. The molecule has 0 amide bonds. The Kier molecular flexibility index (Phi) is 24.1. The molecule has 0 spiro atoms. The molecule has 18 nitrogen and oxygen atoms in total. The summed E-state index contributed by atoms with van der Waals surface area (Å²) in [4.78, 5) is 30.1. The molecular formula is C46H87NO17. The third-order valence-electron chi connectivity index (χ3n) is 13.7. The molecule has 0 aliphatic carbocycles. The number of ether oxygens (including phenoxy) is 9. The second-order valence-electron chi connectivity index (χ2n) is 19.2. The Morgan fingerprint density at radius 1 is 0.828 bits per heavy atom. The van der Waals surface area contributed by atoms with Crippen LogP contribution < -0.4 is 0 Å². The number of aliphatic hydroxyl groups excluding tert-OH is 5. The molecule has 19 atom stereocenters. The fourth-order valence-corrected chi connectivity index (χ4v) is 9.34. The maximum Gasteiger partial charge on any atom is 0.311 e. The Morgan fingerprint density at radius 3 is 1.98 bits per heavy atom. The van der Waals surface area contributed by atoms with Gasteiger partial charge in [-0.3, -0.25) is 9.59 Å². The lowest BCUT2D eigenvalue weighted by Gasteiger charge is -2.50. The molecule has 3 saturated heterocycles. The van der Waals surface area contributed by atoms with Crippen LogP contribution in [0.4, 0.5) is 0 Å². The standard InChI is InChI=1S/C38H69NO13.C8H18O4/c1-15-26-38(10,45)31(42)21(4)28(40)19(2)17-37(9,47-14)33(52-35-29(41)25(39(11)12)16-20(3)48-35)22(5)30(23(6)34(44)50-26)51-27-18-36(8,46-13)32(43)24(7)49-27;1-8(12-7-4-10)2-5-11-6-3-9/h19-27,29-33,35,41-43,45H,15-18H2,1-14H3;8-10H,2-7H2,1H3/t19-,20-,21+,22+,23-,24+,25+,26-,27+,29-,30+,31-,32+,33-,35+,36-,37-,38-;/m1./s1. The Labute approximate surface area is 382 Å². The van der Waals surface area contributed by atoms with E-state index in [0.717, 1.165) is 6.42 Å². The molecule has 3 aliphatic rings. The fraction of sp³-hybridized carbons (Fsp3) is 0.957. The van der Waals surface area contributed by atoms with Crippen LogP contribution in [0.5, 0.6) is 0 Å². The molecule has 1 unspecified atom stereocenters. The van der Waals surface area contributed by atoms with E-state index in [2.05, 4.69) is 0 Å². The molecule has 0 aromatic carbocycles. The first kappa shape index (κ1) is 58.7. The minimum absolute atomic E-state index is 0.0574. The molecule has 378 valence electrons. The average molecular weight is 926 g/mol. The average Bonchev–Trinajstić information content (AvgIpc) is 3.25. The number of aliphatic hydroxyl groups is 6. The zero-order chi connectivity index (χ0) is 48.9. The smallest absolute Gasteiger partial charge is 0.311 e. The van der Waals surface area contributed by atoms with Crippen LogP contribution in [0, 0.1) is 23.7 Å². The summed E-state index contributed by atoms with van der Waals surface area (Å²) in [5.41, 5.74) is -4.24. The lowest BCUT2D eigenvalue weighted by molar-refractivity contribution is -0.319. The molecule has 3 rings (SSSR count). The van der Waals surface area contributed by atoms with E-state index >= 15 is 0 Å². The minimum atomic E-state index is -1.96. The number of methoxy groups -OCH3 is 2. The maximum absolute atomic E-state index is 14.2. The predicted molar refractivity (Wildman–Crippen MR) is 236 cm³/mol. The summed E-state index contributed by atoms with van der Waals surface area (Å²) in [5, 5.41) is 62.4. The Morgan fingerprint density at radius 2 is 1.44 bits per heavy atom. The molecular weight excluding hydrogens is 838 g/mol. The van der Waals surface area contributed by atoms with Gasteiger partial charge in [0.05, 0.1) is 80.2 Å². The summed E-state index contributed by atoms with van der Waals surface area (Å²) in [6, 6.07) is -0.283. The maximum atomic E-state index is 14.2. The summed E-state index contributed by atoms with van der Waals surface area (Å²) >= 11 is 0. The molecule has 0 aromatic heterocycles. The van der Waals surface area contributed by atoms with Crippen molar-refractivity contribution in [3.8, 4) is 0 Å². The van der Waals surface area contributed by atoms with Crippen molar-refractivity contribution in [2.24, 2.45) is 23.7 Å². The molecule has 0 saturated carbocycles. The molecule has 0 aromatic rings. The molecule has 3 heterocycles. The van der Waals surface area contributed by atoms with E-state index in [0.29, 0.717) is 26.2 Å². The van der Waals surface area contributed by atoms with Crippen LogP contribution in [-0.2, 0) is 52.2 Å². The lowest BCUT2D eigenvalue weighted by atomic mass is 9.74. The van der Waals surface area contributed by atoms with E-state index in [1.165, 1.54) is 21.1 Å². The van der Waals surface area contributed by atoms with Crippen LogP contribution in [0.1, 0.15) is 108 Å². The lowest BCUT2D eigenvalue weighted by Crippen LogP contribution is -2.61. The fourth-order valence-electron chi connectivity index (χ4n) is 9.34. The first-order chi connectivity index (χ1) is 29.8. The number of carbonyl (C=O) groups excluding carboxylic acids is 2. The number of hydrogen-bond donors (Lipinski definition) is 6. The zero-order valence-corrected chi connectivity index (χ0v) is 41.4. The number of carbonyl (C=O) groups is 2. The third-order valence-corrected chi connectivity index (χ3v) is 13.7. The monoisotopic (exact) mass is 926 g/mol. The van der Waals surface area contributed by atoms with Crippen molar-refractivity contribution >= 4 is 11.8 Å². The van der Waals surface area contributed by atoms with Crippen molar-refractivity contribution in [3.63, 3.8) is 0 Å². The number of likely N-dealkylation sites (N-methyl/N-ethyl adjacent to an activating group) is 1. The van der Waals surface area contributed by atoms with E-state index in [1.807, 2.05) is 39.8 Å².